The van der Waals surface area contributed by atoms with Gasteiger partial charge in [0.25, 0.3) is 5.91 Å². The molecule has 3 aromatic heterocycles. The van der Waals surface area contributed by atoms with Crippen molar-refractivity contribution in [2.24, 2.45) is 5.73 Å². The van der Waals surface area contributed by atoms with E-state index in [0.717, 1.165) is 36.2 Å². The number of hydrogen-bond acceptors (Lipinski definition) is 10. The third kappa shape index (κ3) is 5.08. The largest absolute Gasteiger partial charge is 0.496 e. The van der Waals surface area contributed by atoms with Crippen LogP contribution in [-0.2, 0) is 4.79 Å². The molecule has 1 aromatic carbocycles. The molecule has 0 radical (unpaired) electrons. The molecule has 11 nitrogen and oxygen atoms in total. The van der Waals surface area contributed by atoms with Gasteiger partial charge in [-0.2, -0.15) is 0 Å². The molecule has 6 rings (SSSR count). The number of anilines is 4. The second-order valence-electron chi connectivity index (χ2n) is 9.55. The van der Waals surface area contributed by atoms with Gasteiger partial charge in [0.1, 0.15) is 23.2 Å². The number of rotatable bonds is 6. The molecule has 4 N–H and O–H groups in total. The number of amides is 1. The molecule has 1 fully saturated rings. The highest BCUT2D eigenvalue weighted by atomic mass is 19.1. The molecule has 1 atom stereocenters. The normalized spacial score (nSPS) is 16.5. The summed E-state index contributed by atoms with van der Waals surface area (Å²) in [6.45, 7) is 1.46. The lowest BCUT2D eigenvalue weighted by molar-refractivity contribution is -0.118. The van der Waals surface area contributed by atoms with Crippen LogP contribution in [0.1, 0.15) is 12.8 Å². The maximum atomic E-state index is 14.7. The summed E-state index contributed by atoms with van der Waals surface area (Å²) in [4.78, 5) is 31.7. The van der Waals surface area contributed by atoms with Crippen molar-refractivity contribution in [2.45, 2.75) is 18.9 Å². The quantitative estimate of drug-likeness (QED) is 0.330. The Morgan fingerprint density at radius 2 is 2.08 bits per heavy atom. The monoisotopic (exact) mass is 542 g/mol. The van der Waals surface area contributed by atoms with Crippen LogP contribution in [0, 0.1) is 5.82 Å². The van der Waals surface area contributed by atoms with Gasteiger partial charge in [-0.05, 0) is 37.1 Å². The molecule has 2 aliphatic rings. The minimum atomic E-state index is -0.482. The van der Waals surface area contributed by atoms with E-state index in [1.807, 2.05) is 12.1 Å². The number of benzene rings is 1. The molecule has 0 unspecified atom stereocenters. The molecule has 4 aromatic rings. The van der Waals surface area contributed by atoms with Crippen molar-refractivity contribution < 1.29 is 18.7 Å². The molecular weight excluding hydrogens is 515 g/mol. The first kappa shape index (κ1) is 25.4. The Morgan fingerprint density at radius 1 is 1.18 bits per heavy atom. The number of hydrogen-bond donors (Lipinski definition) is 3. The van der Waals surface area contributed by atoms with E-state index < -0.39 is 5.82 Å². The number of carbonyl (C=O) groups excluding carboxylic acids is 1. The van der Waals surface area contributed by atoms with Gasteiger partial charge >= 0.3 is 0 Å². The van der Waals surface area contributed by atoms with E-state index in [-0.39, 0.29) is 29.9 Å². The minimum Gasteiger partial charge on any atom is -0.496 e. The summed E-state index contributed by atoms with van der Waals surface area (Å²) in [5, 5.41) is 5.94. The second-order valence-corrected chi connectivity index (χ2v) is 9.55. The van der Waals surface area contributed by atoms with Crippen molar-refractivity contribution in [3.05, 3.63) is 60.8 Å². The Kier molecular flexibility index (Phi) is 6.83. The first-order valence-corrected chi connectivity index (χ1v) is 12.8. The van der Waals surface area contributed by atoms with E-state index in [0.29, 0.717) is 35.5 Å². The molecule has 0 saturated carbocycles. The van der Waals surface area contributed by atoms with Gasteiger partial charge in [-0.25, -0.2) is 24.3 Å². The van der Waals surface area contributed by atoms with Gasteiger partial charge < -0.3 is 30.7 Å². The standard InChI is InChI=1S/C28H27FN8O3/c1-39-21-6-2-5-19(29)26(21)28-31-8-7-23(35-28)34-24-11-20(37-9-3-4-17(30)14-37)18(13-32-24)16-10-22-27(33-12-16)36-25(38)15-40-22/h2,5-8,10-13,17H,3-4,9,14-15,30H2,1H3,(H,33,36,38)(H,31,32,34,35)/t17-/m0/s1. The Balaban J connectivity index is 1.36. The van der Waals surface area contributed by atoms with Gasteiger partial charge in [0.15, 0.2) is 24.0 Å². The Morgan fingerprint density at radius 3 is 2.92 bits per heavy atom. The first-order chi connectivity index (χ1) is 19.5. The maximum Gasteiger partial charge on any atom is 0.263 e. The maximum absolute atomic E-state index is 14.7. The number of ether oxygens (including phenoxy) is 2. The summed E-state index contributed by atoms with van der Waals surface area (Å²) < 4.78 is 25.6. The number of halogens is 1. The van der Waals surface area contributed by atoms with Crippen molar-refractivity contribution in [1.29, 1.82) is 0 Å². The molecular formula is C28H27FN8O3. The van der Waals surface area contributed by atoms with Gasteiger partial charge in [0.05, 0.1) is 12.7 Å². The van der Waals surface area contributed by atoms with Crippen molar-refractivity contribution in [1.82, 2.24) is 19.9 Å². The van der Waals surface area contributed by atoms with Gasteiger partial charge in [-0.15, -0.1) is 0 Å². The lowest BCUT2D eigenvalue weighted by atomic mass is 10.0. The molecule has 0 bridgehead atoms. The van der Waals surface area contributed by atoms with E-state index in [9.17, 15) is 9.18 Å². The van der Waals surface area contributed by atoms with Crippen LogP contribution in [-0.4, -0.2) is 58.7 Å². The zero-order chi connectivity index (χ0) is 27.6. The van der Waals surface area contributed by atoms with Crippen LogP contribution in [0.2, 0.25) is 0 Å². The Bertz CT molecular complexity index is 1580. The lowest BCUT2D eigenvalue weighted by Crippen LogP contribution is -2.43. The van der Waals surface area contributed by atoms with Crippen molar-refractivity contribution in [2.75, 3.05) is 42.3 Å². The molecule has 2 aliphatic heterocycles. The summed E-state index contributed by atoms with van der Waals surface area (Å²) >= 11 is 0. The van der Waals surface area contributed by atoms with Crippen LogP contribution in [0.25, 0.3) is 22.5 Å². The SMILES string of the molecule is COc1cccc(F)c1-c1nccc(Nc2cc(N3CCC[C@H](N)C3)c(-c3cnc4c(c3)OCC(=O)N4)cn2)n1. The number of nitrogens with one attached hydrogen (secondary N) is 2. The van der Waals surface area contributed by atoms with Crippen LogP contribution in [0.5, 0.6) is 11.5 Å². The van der Waals surface area contributed by atoms with E-state index in [4.69, 9.17) is 15.2 Å². The molecule has 0 spiro atoms. The van der Waals surface area contributed by atoms with Crippen LogP contribution in [0.15, 0.2) is 55.0 Å². The average Bonchev–Trinajstić information content (AvgIpc) is 2.97. The Labute approximate surface area is 229 Å². The van der Waals surface area contributed by atoms with E-state index in [2.05, 4.69) is 35.5 Å². The topological polar surface area (TPSA) is 140 Å². The van der Waals surface area contributed by atoms with Gasteiger partial charge in [0.2, 0.25) is 0 Å². The molecule has 12 heteroatoms. The lowest BCUT2D eigenvalue weighted by Gasteiger charge is -2.34. The molecule has 0 aliphatic carbocycles. The van der Waals surface area contributed by atoms with Crippen molar-refractivity contribution >= 4 is 29.0 Å². The molecule has 204 valence electrons. The summed E-state index contributed by atoms with van der Waals surface area (Å²) in [6.07, 6.45) is 6.91. The third-order valence-corrected chi connectivity index (χ3v) is 6.79. The number of aromatic nitrogens is 4. The number of piperidine rings is 1. The zero-order valence-electron chi connectivity index (χ0n) is 21.7. The fourth-order valence-electron chi connectivity index (χ4n) is 4.90. The summed E-state index contributed by atoms with van der Waals surface area (Å²) in [7, 11) is 1.47. The predicted molar refractivity (Wildman–Crippen MR) is 148 cm³/mol. The number of nitrogens with two attached hydrogens (primary N) is 1. The molecule has 1 saturated heterocycles. The Hall–Kier alpha value is -4.84. The van der Waals surface area contributed by atoms with E-state index in [1.54, 1.807) is 36.8 Å². The van der Waals surface area contributed by atoms with Gasteiger partial charge in [-0.3, -0.25) is 4.79 Å². The molecule has 1 amide bonds. The highest BCUT2D eigenvalue weighted by molar-refractivity contribution is 5.95. The van der Waals surface area contributed by atoms with Crippen LogP contribution < -0.4 is 30.7 Å². The van der Waals surface area contributed by atoms with Gasteiger partial charge in [0, 0.05) is 60.6 Å². The number of methoxy groups -OCH3 is 1. The van der Waals surface area contributed by atoms with Crippen LogP contribution in [0.4, 0.5) is 27.5 Å². The fourth-order valence-corrected chi connectivity index (χ4v) is 4.90. The predicted octanol–water partition coefficient (Wildman–Crippen LogP) is 3.75. The van der Waals surface area contributed by atoms with E-state index >= 15 is 0 Å². The fraction of sp³-hybridized carbons (Fsp3) is 0.250. The second kappa shape index (κ2) is 10.7. The molecule has 5 heterocycles. The number of carbonyl (C=O) groups is 1. The minimum absolute atomic E-state index is 0.0477. The number of pyridine rings is 2. The highest BCUT2D eigenvalue weighted by Gasteiger charge is 2.23. The summed E-state index contributed by atoms with van der Waals surface area (Å²) in [5.41, 5.74) is 9.05. The number of fused-ring (bicyclic) bond motifs is 1. The van der Waals surface area contributed by atoms with Crippen molar-refractivity contribution in [3.63, 3.8) is 0 Å². The third-order valence-electron chi connectivity index (χ3n) is 6.79. The van der Waals surface area contributed by atoms with Crippen LogP contribution in [0.3, 0.4) is 0 Å². The van der Waals surface area contributed by atoms with Crippen molar-refractivity contribution in [3.8, 4) is 34.0 Å². The van der Waals surface area contributed by atoms with Crippen LogP contribution >= 0.6 is 0 Å². The van der Waals surface area contributed by atoms with Gasteiger partial charge in [-0.1, -0.05) is 6.07 Å². The average molecular weight is 543 g/mol. The first-order valence-electron chi connectivity index (χ1n) is 12.8. The smallest absolute Gasteiger partial charge is 0.263 e. The number of nitrogens with zero attached hydrogens (tertiary/aromatic N) is 5. The zero-order valence-corrected chi connectivity index (χ0v) is 21.7. The highest BCUT2D eigenvalue weighted by Crippen LogP contribution is 2.38. The molecule has 40 heavy (non-hydrogen) atoms. The van der Waals surface area contributed by atoms with E-state index in [1.165, 1.54) is 13.2 Å². The summed E-state index contributed by atoms with van der Waals surface area (Å²) in [5.74, 6) is 1.67. The summed E-state index contributed by atoms with van der Waals surface area (Å²) in [6, 6.07) is 10.1.